The van der Waals surface area contributed by atoms with Crippen LogP contribution in [0.4, 0.5) is 24.5 Å². The summed E-state index contributed by atoms with van der Waals surface area (Å²) in [5.41, 5.74) is 0.226. The fourth-order valence-electron chi connectivity index (χ4n) is 3.74. The maximum Gasteiger partial charge on any atom is 0.416 e. The highest BCUT2D eigenvalue weighted by atomic mass is 19.4. The first-order chi connectivity index (χ1) is 12.3. The van der Waals surface area contributed by atoms with Gasteiger partial charge in [0.2, 0.25) is 5.91 Å². The lowest BCUT2D eigenvalue weighted by Crippen LogP contribution is -2.44. The fraction of sp³-hybridized carbons (Fsp3) is 0.632. The first-order valence-electron chi connectivity index (χ1n) is 9.30. The Morgan fingerprint density at radius 3 is 2.35 bits per heavy atom. The molecule has 1 saturated heterocycles. The van der Waals surface area contributed by atoms with Crippen LogP contribution < -0.4 is 10.2 Å². The predicted molar refractivity (Wildman–Crippen MR) is 96.4 cm³/mol. The summed E-state index contributed by atoms with van der Waals surface area (Å²) in [5, 5.41) is 2.81. The van der Waals surface area contributed by atoms with E-state index in [-0.39, 0.29) is 17.5 Å². The lowest BCUT2D eigenvalue weighted by molar-refractivity contribution is -0.137. The van der Waals surface area contributed by atoms with Crippen LogP contribution in [-0.2, 0) is 11.0 Å². The third-order valence-electron chi connectivity index (χ3n) is 5.40. The van der Waals surface area contributed by atoms with Crippen molar-refractivity contribution in [1.82, 2.24) is 4.90 Å². The number of nitrogens with zero attached hydrogens (tertiary/aromatic N) is 2. The summed E-state index contributed by atoms with van der Waals surface area (Å²) in [6.45, 7) is 3.15. The number of carbonyl (C=O) groups is 1. The Morgan fingerprint density at radius 1 is 1.08 bits per heavy atom. The van der Waals surface area contributed by atoms with Crippen molar-refractivity contribution in [3.05, 3.63) is 23.8 Å². The van der Waals surface area contributed by atoms with Crippen LogP contribution in [0.15, 0.2) is 18.2 Å². The molecule has 0 aromatic heterocycles. The van der Waals surface area contributed by atoms with Crippen molar-refractivity contribution in [1.29, 1.82) is 0 Å². The standard InChI is InChI=1S/C19H26F3N3O/c1-24-9-11-25(12-10-24)17-8-7-15(19(20,21)22)13-16(17)23-18(26)14-5-3-2-4-6-14/h7-8,13-14H,2-6,9-12H2,1H3,(H,23,26). The largest absolute Gasteiger partial charge is 0.416 e. The van der Waals surface area contributed by atoms with Gasteiger partial charge in [-0.15, -0.1) is 0 Å². The summed E-state index contributed by atoms with van der Waals surface area (Å²) in [6.07, 6.45) is 0.339. The molecule has 1 N–H and O–H groups in total. The number of alkyl halides is 3. The normalized spacial score (nSPS) is 20.2. The molecule has 144 valence electrons. The van der Waals surface area contributed by atoms with Gasteiger partial charge in [0, 0.05) is 32.1 Å². The Hall–Kier alpha value is -1.76. The molecular weight excluding hydrogens is 343 g/mol. The van der Waals surface area contributed by atoms with E-state index in [0.717, 1.165) is 70.4 Å². The Labute approximate surface area is 152 Å². The van der Waals surface area contributed by atoms with Crippen molar-refractivity contribution < 1.29 is 18.0 Å². The minimum absolute atomic E-state index is 0.0985. The van der Waals surface area contributed by atoms with Crippen LogP contribution in [0.1, 0.15) is 37.7 Å². The first-order valence-corrected chi connectivity index (χ1v) is 9.30. The van der Waals surface area contributed by atoms with Gasteiger partial charge in [-0.2, -0.15) is 13.2 Å². The van der Waals surface area contributed by atoms with Gasteiger partial charge in [0.25, 0.3) is 0 Å². The molecule has 1 amide bonds. The molecule has 2 fully saturated rings. The van der Waals surface area contributed by atoms with Gasteiger partial charge >= 0.3 is 6.18 Å². The molecule has 0 spiro atoms. The number of piperazine rings is 1. The molecule has 0 bridgehead atoms. The van der Waals surface area contributed by atoms with Gasteiger partial charge < -0.3 is 15.1 Å². The van der Waals surface area contributed by atoms with Crippen LogP contribution >= 0.6 is 0 Å². The van der Waals surface area contributed by atoms with E-state index in [1.807, 2.05) is 7.05 Å². The molecule has 1 aromatic carbocycles. The number of amides is 1. The van der Waals surface area contributed by atoms with Gasteiger partial charge in [-0.1, -0.05) is 19.3 Å². The Kier molecular flexibility index (Phi) is 5.75. The molecule has 1 aromatic rings. The number of nitrogens with one attached hydrogen (secondary N) is 1. The highest BCUT2D eigenvalue weighted by Crippen LogP contribution is 2.36. The smallest absolute Gasteiger partial charge is 0.367 e. The topological polar surface area (TPSA) is 35.6 Å². The third-order valence-corrected chi connectivity index (χ3v) is 5.40. The number of benzene rings is 1. The highest BCUT2D eigenvalue weighted by Gasteiger charge is 2.32. The zero-order valence-electron chi connectivity index (χ0n) is 15.1. The molecule has 2 aliphatic rings. The fourth-order valence-corrected chi connectivity index (χ4v) is 3.74. The molecule has 7 heteroatoms. The number of halogens is 3. The monoisotopic (exact) mass is 369 g/mol. The Balaban J connectivity index is 1.84. The minimum atomic E-state index is -4.43. The predicted octanol–water partition coefficient (Wildman–Crippen LogP) is 3.98. The second-order valence-electron chi connectivity index (χ2n) is 7.34. The molecule has 26 heavy (non-hydrogen) atoms. The van der Waals surface area contributed by atoms with Gasteiger partial charge in [0.15, 0.2) is 0 Å². The van der Waals surface area contributed by atoms with E-state index in [0.29, 0.717) is 5.69 Å². The molecule has 1 aliphatic carbocycles. The van der Waals surface area contributed by atoms with Crippen molar-refractivity contribution in [2.24, 2.45) is 5.92 Å². The third kappa shape index (κ3) is 4.50. The van der Waals surface area contributed by atoms with Crippen LogP contribution in [0.2, 0.25) is 0 Å². The van der Waals surface area contributed by atoms with Crippen LogP contribution in [0.25, 0.3) is 0 Å². The van der Waals surface area contributed by atoms with E-state index in [1.54, 1.807) is 0 Å². The van der Waals surface area contributed by atoms with Gasteiger partial charge in [-0.05, 0) is 38.1 Å². The van der Waals surface area contributed by atoms with Gasteiger partial charge in [0.1, 0.15) is 0 Å². The number of anilines is 2. The van der Waals surface area contributed by atoms with Crippen molar-refractivity contribution in [2.45, 2.75) is 38.3 Å². The summed E-state index contributed by atoms with van der Waals surface area (Å²) < 4.78 is 39.5. The van der Waals surface area contributed by atoms with Crippen molar-refractivity contribution >= 4 is 17.3 Å². The number of hydrogen-bond acceptors (Lipinski definition) is 3. The summed E-state index contributed by atoms with van der Waals surface area (Å²) >= 11 is 0. The first kappa shape index (κ1) is 19.0. The van der Waals surface area contributed by atoms with Crippen LogP contribution in [-0.4, -0.2) is 44.0 Å². The SMILES string of the molecule is CN1CCN(c2ccc(C(F)(F)F)cc2NC(=O)C2CCCCC2)CC1. The van der Waals surface area contributed by atoms with E-state index < -0.39 is 11.7 Å². The molecule has 0 atom stereocenters. The number of carbonyl (C=O) groups excluding carboxylic acids is 1. The van der Waals surface area contributed by atoms with E-state index >= 15 is 0 Å². The highest BCUT2D eigenvalue weighted by molar-refractivity contribution is 5.96. The molecular formula is C19H26F3N3O. The van der Waals surface area contributed by atoms with Gasteiger partial charge in [0.05, 0.1) is 16.9 Å². The number of likely N-dealkylation sites (N-methyl/N-ethyl adjacent to an activating group) is 1. The van der Waals surface area contributed by atoms with Gasteiger partial charge in [-0.25, -0.2) is 0 Å². The lowest BCUT2D eigenvalue weighted by atomic mass is 9.88. The maximum atomic E-state index is 13.2. The molecule has 0 radical (unpaired) electrons. The molecule has 1 saturated carbocycles. The van der Waals surface area contributed by atoms with Gasteiger partial charge in [-0.3, -0.25) is 4.79 Å². The molecule has 0 unspecified atom stereocenters. The summed E-state index contributed by atoms with van der Waals surface area (Å²) in [6, 6.07) is 3.67. The average Bonchev–Trinajstić information content (AvgIpc) is 2.62. The van der Waals surface area contributed by atoms with Crippen LogP contribution in [0, 0.1) is 5.92 Å². The Bertz CT molecular complexity index is 633. The summed E-state index contributed by atoms with van der Waals surface area (Å²) in [4.78, 5) is 16.8. The summed E-state index contributed by atoms with van der Waals surface area (Å²) in [5.74, 6) is -0.252. The second kappa shape index (κ2) is 7.86. The Morgan fingerprint density at radius 2 is 1.73 bits per heavy atom. The van der Waals surface area contributed by atoms with Crippen molar-refractivity contribution in [3.8, 4) is 0 Å². The number of hydrogen-bond donors (Lipinski definition) is 1. The van der Waals surface area contributed by atoms with Crippen LogP contribution in [0.5, 0.6) is 0 Å². The number of rotatable bonds is 3. The van der Waals surface area contributed by atoms with E-state index in [2.05, 4.69) is 15.1 Å². The minimum Gasteiger partial charge on any atom is -0.367 e. The van der Waals surface area contributed by atoms with Crippen molar-refractivity contribution in [3.63, 3.8) is 0 Å². The van der Waals surface area contributed by atoms with E-state index in [4.69, 9.17) is 0 Å². The quantitative estimate of drug-likeness (QED) is 0.876. The average molecular weight is 369 g/mol. The zero-order chi connectivity index (χ0) is 18.7. The molecule has 1 heterocycles. The lowest BCUT2D eigenvalue weighted by Gasteiger charge is -2.35. The second-order valence-corrected chi connectivity index (χ2v) is 7.34. The maximum absolute atomic E-state index is 13.2. The molecule has 1 aliphatic heterocycles. The van der Waals surface area contributed by atoms with Crippen LogP contribution in [0.3, 0.4) is 0 Å². The molecule has 3 rings (SSSR count). The van der Waals surface area contributed by atoms with E-state index in [9.17, 15) is 18.0 Å². The zero-order valence-corrected chi connectivity index (χ0v) is 15.1. The summed E-state index contributed by atoms with van der Waals surface area (Å²) in [7, 11) is 2.02. The van der Waals surface area contributed by atoms with E-state index in [1.165, 1.54) is 6.07 Å². The van der Waals surface area contributed by atoms with Crippen molar-refractivity contribution in [2.75, 3.05) is 43.4 Å². The molecule has 4 nitrogen and oxygen atoms in total.